The van der Waals surface area contributed by atoms with Gasteiger partial charge in [0, 0.05) is 32.4 Å². The molecule has 0 bridgehead atoms. The summed E-state index contributed by atoms with van der Waals surface area (Å²) in [6, 6.07) is 0. The molecule has 0 aliphatic carbocycles. The van der Waals surface area contributed by atoms with Gasteiger partial charge in [-0.1, -0.05) is 0 Å². The Morgan fingerprint density at radius 3 is 2.43 bits per heavy atom. The van der Waals surface area contributed by atoms with Gasteiger partial charge in [-0.15, -0.1) is 0 Å². The SMILES string of the molecule is Cc1cnc(C(=O)N2CCN(S(C)(=O)=O)CC(C(N)=O)C2)cn1. The predicted molar refractivity (Wildman–Crippen MR) is 81.8 cm³/mol. The maximum Gasteiger partial charge on any atom is 0.274 e. The Bertz CT molecular complexity index is 704. The molecule has 126 valence electrons. The van der Waals surface area contributed by atoms with E-state index in [4.69, 9.17) is 5.73 Å². The minimum atomic E-state index is -3.48. The topological polar surface area (TPSA) is 127 Å². The Kier molecular flexibility index (Phi) is 4.95. The summed E-state index contributed by atoms with van der Waals surface area (Å²) in [7, 11) is -3.48. The first kappa shape index (κ1) is 17.3. The number of sulfonamides is 1. The van der Waals surface area contributed by atoms with Crippen LogP contribution in [0, 0.1) is 12.8 Å². The van der Waals surface area contributed by atoms with Gasteiger partial charge in [-0.05, 0) is 6.92 Å². The highest BCUT2D eigenvalue weighted by molar-refractivity contribution is 7.88. The quantitative estimate of drug-likeness (QED) is 0.721. The van der Waals surface area contributed by atoms with Crippen LogP contribution < -0.4 is 5.73 Å². The predicted octanol–water partition coefficient (Wildman–Crippen LogP) is -1.40. The standard InChI is InChI=1S/C13H19N5O4S/c1-9-5-16-11(6-15-9)13(20)17-3-4-18(23(2,21)22)8-10(7-17)12(14)19/h5-6,10H,3-4,7-8H2,1-2H3,(H2,14,19). The van der Waals surface area contributed by atoms with Gasteiger partial charge in [0.05, 0.1) is 24.1 Å². The van der Waals surface area contributed by atoms with Gasteiger partial charge < -0.3 is 10.6 Å². The first-order valence-corrected chi connectivity index (χ1v) is 8.85. The third-order valence-corrected chi connectivity index (χ3v) is 4.91. The Morgan fingerprint density at radius 1 is 1.22 bits per heavy atom. The van der Waals surface area contributed by atoms with Crippen molar-refractivity contribution in [1.29, 1.82) is 0 Å². The molecule has 2 rings (SSSR count). The van der Waals surface area contributed by atoms with Crippen LogP contribution in [0.1, 0.15) is 16.2 Å². The molecular formula is C13H19N5O4S. The van der Waals surface area contributed by atoms with Crippen LogP contribution in [0.15, 0.2) is 12.4 Å². The van der Waals surface area contributed by atoms with E-state index < -0.39 is 27.8 Å². The van der Waals surface area contributed by atoms with Crippen LogP contribution in [0.2, 0.25) is 0 Å². The summed E-state index contributed by atoms with van der Waals surface area (Å²) in [5, 5.41) is 0. The van der Waals surface area contributed by atoms with E-state index in [0.717, 1.165) is 10.6 Å². The molecule has 1 fully saturated rings. The van der Waals surface area contributed by atoms with Crippen molar-refractivity contribution >= 4 is 21.8 Å². The minimum Gasteiger partial charge on any atom is -0.369 e. The minimum absolute atomic E-state index is 0.0302. The highest BCUT2D eigenvalue weighted by atomic mass is 32.2. The average Bonchev–Trinajstić information content (AvgIpc) is 2.70. The van der Waals surface area contributed by atoms with Gasteiger partial charge in [-0.2, -0.15) is 4.31 Å². The monoisotopic (exact) mass is 341 g/mol. The summed E-state index contributed by atoms with van der Waals surface area (Å²) in [6.07, 6.45) is 3.89. The van der Waals surface area contributed by atoms with Crippen molar-refractivity contribution < 1.29 is 18.0 Å². The maximum atomic E-state index is 12.5. The molecule has 2 heterocycles. The number of amides is 2. The average molecular weight is 341 g/mol. The lowest BCUT2D eigenvalue weighted by molar-refractivity contribution is -0.122. The fraction of sp³-hybridized carbons (Fsp3) is 0.538. The lowest BCUT2D eigenvalue weighted by atomic mass is 10.1. The molecule has 0 spiro atoms. The van der Waals surface area contributed by atoms with Crippen molar-refractivity contribution in [2.75, 3.05) is 32.4 Å². The van der Waals surface area contributed by atoms with Crippen molar-refractivity contribution in [3.8, 4) is 0 Å². The maximum absolute atomic E-state index is 12.5. The third-order valence-electron chi connectivity index (χ3n) is 3.64. The van der Waals surface area contributed by atoms with E-state index in [2.05, 4.69) is 9.97 Å². The summed E-state index contributed by atoms with van der Waals surface area (Å²) in [5.74, 6) is -1.82. The molecule has 2 N–H and O–H groups in total. The van der Waals surface area contributed by atoms with Gasteiger partial charge >= 0.3 is 0 Å². The van der Waals surface area contributed by atoms with E-state index >= 15 is 0 Å². The zero-order chi connectivity index (χ0) is 17.2. The lowest BCUT2D eigenvalue weighted by Crippen LogP contribution is -2.41. The van der Waals surface area contributed by atoms with Crippen LogP contribution in [0.3, 0.4) is 0 Å². The molecule has 10 heteroatoms. The molecule has 1 aliphatic rings. The van der Waals surface area contributed by atoms with Crippen molar-refractivity contribution in [3.63, 3.8) is 0 Å². The normalized spacial score (nSPS) is 20.1. The molecule has 1 unspecified atom stereocenters. The first-order chi connectivity index (χ1) is 10.7. The van der Waals surface area contributed by atoms with E-state index in [0.29, 0.717) is 5.69 Å². The molecule has 1 atom stereocenters. The van der Waals surface area contributed by atoms with Crippen LogP contribution in [-0.4, -0.2) is 71.8 Å². The number of hydrogen-bond donors (Lipinski definition) is 1. The molecule has 9 nitrogen and oxygen atoms in total. The van der Waals surface area contributed by atoms with Crippen LogP contribution in [0.25, 0.3) is 0 Å². The number of nitrogens with two attached hydrogens (primary N) is 1. The van der Waals surface area contributed by atoms with Crippen molar-refractivity contribution in [2.45, 2.75) is 6.92 Å². The van der Waals surface area contributed by atoms with Gasteiger partial charge in [-0.25, -0.2) is 13.4 Å². The summed E-state index contributed by atoms with van der Waals surface area (Å²) < 4.78 is 24.6. The Labute approximate surface area is 134 Å². The molecule has 23 heavy (non-hydrogen) atoms. The second-order valence-corrected chi connectivity index (χ2v) is 7.50. The summed E-state index contributed by atoms with van der Waals surface area (Å²) in [5.41, 5.74) is 6.16. The number of carbonyl (C=O) groups is 2. The smallest absolute Gasteiger partial charge is 0.274 e. The number of carbonyl (C=O) groups excluding carboxylic acids is 2. The third kappa shape index (κ3) is 4.23. The molecule has 2 amide bonds. The molecule has 0 aromatic carbocycles. The van der Waals surface area contributed by atoms with E-state index in [-0.39, 0.29) is 31.9 Å². The second kappa shape index (κ2) is 6.59. The van der Waals surface area contributed by atoms with E-state index in [1.807, 2.05) is 0 Å². The summed E-state index contributed by atoms with van der Waals surface area (Å²) >= 11 is 0. The lowest BCUT2D eigenvalue weighted by Gasteiger charge is -2.21. The largest absolute Gasteiger partial charge is 0.369 e. The van der Waals surface area contributed by atoms with Crippen LogP contribution in [-0.2, 0) is 14.8 Å². The summed E-state index contributed by atoms with van der Waals surface area (Å²) in [6.45, 7) is 2.03. The van der Waals surface area contributed by atoms with Gasteiger partial charge in [0.25, 0.3) is 5.91 Å². The second-order valence-electron chi connectivity index (χ2n) is 5.51. The fourth-order valence-corrected chi connectivity index (χ4v) is 3.18. The molecule has 1 aromatic heterocycles. The molecule has 1 saturated heterocycles. The van der Waals surface area contributed by atoms with Crippen LogP contribution >= 0.6 is 0 Å². The van der Waals surface area contributed by atoms with Crippen molar-refractivity contribution in [1.82, 2.24) is 19.2 Å². The molecule has 1 aromatic rings. The number of nitrogens with zero attached hydrogens (tertiary/aromatic N) is 4. The Hall–Kier alpha value is -2.07. The van der Waals surface area contributed by atoms with E-state index in [1.165, 1.54) is 17.3 Å². The Morgan fingerprint density at radius 2 is 1.91 bits per heavy atom. The van der Waals surface area contributed by atoms with Gasteiger partial charge in [0.2, 0.25) is 15.9 Å². The number of aryl methyl sites for hydroxylation is 1. The van der Waals surface area contributed by atoms with Gasteiger partial charge in [0.15, 0.2) is 0 Å². The number of hydrogen-bond acceptors (Lipinski definition) is 6. The summed E-state index contributed by atoms with van der Waals surface area (Å²) in [4.78, 5) is 33.5. The molecule has 0 saturated carbocycles. The Balaban J connectivity index is 2.23. The fourth-order valence-electron chi connectivity index (χ4n) is 2.32. The van der Waals surface area contributed by atoms with Gasteiger partial charge in [0.1, 0.15) is 5.69 Å². The number of aromatic nitrogens is 2. The van der Waals surface area contributed by atoms with Crippen LogP contribution in [0.5, 0.6) is 0 Å². The van der Waals surface area contributed by atoms with E-state index in [1.54, 1.807) is 6.92 Å². The highest BCUT2D eigenvalue weighted by Gasteiger charge is 2.33. The number of primary amides is 1. The first-order valence-electron chi connectivity index (χ1n) is 7.01. The zero-order valence-corrected chi connectivity index (χ0v) is 13.8. The van der Waals surface area contributed by atoms with Crippen molar-refractivity contribution in [2.24, 2.45) is 11.7 Å². The van der Waals surface area contributed by atoms with Gasteiger partial charge in [-0.3, -0.25) is 14.6 Å². The zero-order valence-electron chi connectivity index (χ0n) is 13.0. The van der Waals surface area contributed by atoms with Crippen LogP contribution in [0.4, 0.5) is 0 Å². The molecular weight excluding hydrogens is 322 g/mol. The van der Waals surface area contributed by atoms with E-state index in [9.17, 15) is 18.0 Å². The number of rotatable bonds is 3. The molecule has 1 aliphatic heterocycles. The highest BCUT2D eigenvalue weighted by Crippen LogP contribution is 2.14. The van der Waals surface area contributed by atoms with Crippen molar-refractivity contribution in [3.05, 3.63) is 23.8 Å². The molecule has 0 radical (unpaired) electrons.